The Morgan fingerprint density at radius 2 is 2.00 bits per heavy atom. The fraction of sp³-hybridized carbons (Fsp3) is 0.923. The van der Waals surface area contributed by atoms with Gasteiger partial charge in [-0.1, -0.05) is 19.3 Å². The summed E-state index contributed by atoms with van der Waals surface area (Å²) < 4.78 is 4.85. The second-order valence-corrected chi connectivity index (χ2v) is 5.05. The first kappa shape index (κ1) is 15.4. The Balaban J connectivity index is 2.01. The van der Waals surface area contributed by atoms with Gasteiger partial charge in [0.25, 0.3) is 0 Å². The number of hydrogen-bond donors (Lipinski definition) is 3. The van der Waals surface area contributed by atoms with Gasteiger partial charge in [0, 0.05) is 33.2 Å². The van der Waals surface area contributed by atoms with Crippen molar-refractivity contribution in [1.82, 2.24) is 10.6 Å². The molecule has 1 aliphatic carbocycles. The fourth-order valence-corrected chi connectivity index (χ4v) is 2.29. The van der Waals surface area contributed by atoms with Crippen LogP contribution in [0, 0.1) is 0 Å². The topological polar surface area (TPSA) is 70.6 Å². The Kier molecular flexibility index (Phi) is 7.23. The molecule has 0 aromatic carbocycles. The van der Waals surface area contributed by atoms with Gasteiger partial charge in [0.1, 0.15) is 0 Å². The van der Waals surface area contributed by atoms with Gasteiger partial charge >= 0.3 is 0 Å². The molecule has 0 spiro atoms. The zero-order valence-electron chi connectivity index (χ0n) is 11.3. The molecule has 18 heavy (non-hydrogen) atoms. The standard InChI is InChI=1S/C13H26N2O3/c1-18-10-9-15-12(16)5-8-14-11-13(17)6-3-2-4-7-13/h14,17H,2-11H2,1H3,(H,15,16). The minimum Gasteiger partial charge on any atom is -0.389 e. The maximum Gasteiger partial charge on any atom is 0.221 e. The fourth-order valence-electron chi connectivity index (χ4n) is 2.29. The summed E-state index contributed by atoms with van der Waals surface area (Å²) in [5.74, 6) is 0.0233. The number of amides is 1. The Bertz CT molecular complexity index is 240. The molecule has 0 radical (unpaired) electrons. The SMILES string of the molecule is COCCNC(=O)CCNCC1(O)CCCCC1. The molecule has 0 heterocycles. The van der Waals surface area contributed by atoms with E-state index in [1.54, 1.807) is 7.11 Å². The number of aliphatic hydroxyl groups is 1. The maximum absolute atomic E-state index is 11.4. The van der Waals surface area contributed by atoms with Crippen LogP contribution in [0.4, 0.5) is 0 Å². The summed E-state index contributed by atoms with van der Waals surface area (Å²) in [6.45, 7) is 2.30. The minimum atomic E-state index is -0.551. The molecule has 0 aliphatic heterocycles. The third-order valence-electron chi connectivity index (χ3n) is 3.40. The molecular formula is C13H26N2O3. The van der Waals surface area contributed by atoms with Crippen LogP contribution in [0.25, 0.3) is 0 Å². The van der Waals surface area contributed by atoms with Crippen molar-refractivity contribution in [3.05, 3.63) is 0 Å². The van der Waals surface area contributed by atoms with E-state index in [4.69, 9.17) is 4.74 Å². The van der Waals surface area contributed by atoms with Crippen LogP contribution in [0.3, 0.4) is 0 Å². The first-order valence-electron chi connectivity index (χ1n) is 6.85. The molecule has 5 heteroatoms. The van der Waals surface area contributed by atoms with Gasteiger partial charge in [-0.15, -0.1) is 0 Å². The van der Waals surface area contributed by atoms with Crippen molar-refractivity contribution in [2.75, 3.05) is 33.4 Å². The molecule has 106 valence electrons. The average molecular weight is 258 g/mol. The number of hydrogen-bond acceptors (Lipinski definition) is 4. The van der Waals surface area contributed by atoms with Gasteiger partial charge in [0.05, 0.1) is 12.2 Å². The van der Waals surface area contributed by atoms with Crippen LogP contribution in [0.1, 0.15) is 38.5 Å². The minimum absolute atomic E-state index is 0.0233. The van der Waals surface area contributed by atoms with E-state index in [9.17, 15) is 9.90 Å². The molecule has 1 fully saturated rings. The number of methoxy groups -OCH3 is 1. The number of rotatable bonds is 8. The monoisotopic (exact) mass is 258 g/mol. The third-order valence-corrected chi connectivity index (χ3v) is 3.40. The lowest BCUT2D eigenvalue weighted by Crippen LogP contribution is -2.43. The molecule has 0 bridgehead atoms. The first-order chi connectivity index (χ1) is 8.66. The lowest BCUT2D eigenvalue weighted by atomic mass is 9.85. The smallest absolute Gasteiger partial charge is 0.221 e. The zero-order valence-corrected chi connectivity index (χ0v) is 11.3. The van der Waals surface area contributed by atoms with Crippen molar-refractivity contribution in [3.63, 3.8) is 0 Å². The third kappa shape index (κ3) is 6.33. The Labute approximate surface area is 109 Å². The predicted octanol–water partition coefficient (Wildman–Crippen LogP) is 0.424. The summed E-state index contributed by atoms with van der Waals surface area (Å²) in [6, 6.07) is 0. The van der Waals surface area contributed by atoms with Crippen LogP contribution >= 0.6 is 0 Å². The van der Waals surface area contributed by atoms with Crippen LogP contribution in [-0.2, 0) is 9.53 Å². The van der Waals surface area contributed by atoms with E-state index in [1.165, 1.54) is 6.42 Å². The molecule has 0 aromatic rings. The van der Waals surface area contributed by atoms with Crippen molar-refractivity contribution in [1.29, 1.82) is 0 Å². The van der Waals surface area contributed by atoms with E-state index in [2.05, 4.69) is 10.6 Å². The van der Waals surface area contributed by atoms with E-state index in [0.717, 1.165) is 25.7 Å². The number of carbonyl (C=O) groups is 1. The normalized spacial score (nSPS) is 18.6. The largest absolute Gasteiger partial charge is 0.389 e. The summed E-state index contributed by atoms with van der Waals surface area (Å²) in [5.41, 5.74) is -0.551. The Morgan fingerprint density at radius 3 is 2.67 bits per heavy atom. The molecule has 1 saturated carbocycles. The number of nitrogens with one attached hydrogen (secondary N) is 2. The molecular weight excluding hydrogens is 232 g/mol. The summed E-state index contributed by atoms with van der Waals surface area (Å²) in [5, 5.41) is 16.2. The highest BCUT2D eigenvalue weighted by molar-refractivity contribution is 5.75. The summed E-state index contributed by atoms with van der Waals surface area (Å²) in [6.07, 6.45) is 5.63. The van der Waals surface area contributed by atoms with Gasteiger partial charge in [-0.05, 0) is 12.8 Å². The molecule has 0 saturated heterocycles. The van der Waals surface area contributed by atoms with Crippen LogP contribution in [0.5, 0.6) is 0 Å². The molecule has 0 aromatic heterocycles. The van der Waals surface area contributed by atoms with Gasteiger partial charge in [-0.2, -0.15) is 0 Å². The van der Waals surface area contributed by atoms with Crippen molar-refractivity contribution < 1.29 is 14.6 Å². The molecule has 3 N–H and O–H groups in total. The van der Waals surface area contributed by atoms with E-state index in [1.807, 2.05) is 0 Å². The van der Waals surface area contributed by atoms with Crippen molar-refractivity contribution in [2.45, 2.75) is 44.1 Å². The molecule has 1 aliphatic rings. The Hall–Kier alpha value is -0.650. The zero-order chi connectivity index (χ0) is 13.3. The van der Waals surface area contributed by atoms with Gasteiger partial charge < -0.3 is 20.5 Å². The number of carbonyl (C=O) groups excluding carboxylic acids is 1. The van der Waals surface area contributed by atoms with Crippen molar-refractivity contribution in [3.8, 4) is 0 Å². The quantitative estimate of drug-likeness (QED) is 0.552. The van der Waals surface area contributed by atoms with E-state index >= 15 is 0 Å². The second kappa shape index (κ2) is 8.45. The first-order valence-corrected chi connectivity index (χ1v) is 6.85. The molecule has 1 amide bonds. The van der Waals surface area contributed by atoms with Crippen LogP contribution in [0.2, 0.25) is 0 Å². The summed E-state index contributed by atoms with van der Waals surface area (Å²) in [4.78, 5) is 11.4. The van der Waals surface area contributed by atoms with Gasteiger partial charge in [-0.3, -0.25) is 4.79 Å². The van der Waals surface area contributed by atoms with E-state index in [-0.39, 0.29) is 5.91 Å². The van der Waals surface area contributed by atoms with Crippen molar-refractivity contribution in [2.24, 2.45) is 0 Å². The van der Waals surface area contributed by atoms with Crippen LogP contribution in [-0.4, -0.2) is 50.0 Å². The highest BCUT2D eigenvalue weighted by atomic mass is 16.5. The maximum atomic E-state index is 11.4. The van der Waals surface area contributed by atoms with Gasteiger partial charge in [0.2, 0.25) is 5.91 Å². The Morgan fingerprint density at radius 1 is 1.28 bits per heavy atom. The molecule has 1 rings (SSSR count). The molecule has 5 nitrogen and oxygen atoms in total. The highest BCUT2D eigenvalue weighted by Gasteiger charge is 2.28. The molecule has 0 unspecified atom stereocenters. The summed E-state index contributed by atoms with van der Waals surface area (Å²) >= 11 is 0. The van der Waals surface area contributed by atoms with Crippen molar-refractivity contribution >= 4 is 5.91 Å². The lowest BCUT2D eigenvalue weighted by Gasteiger charge is -2.32. The van der Waals surface area contributed by atoms with Gasteiger partial charge in [0.15, 0.2) is 0 Å². The highest BCUT2D eigenvalue weighted by Crippen LogP contribution is 2.27. The van der Waals surface area contributed by atoms with E-state index in [0.29, 0.717) is 32.7 Å². The molecule has 0 atom stereocenters. The average Bonchev–Trinajstić information content (AvgIpc) is 2.36. The lowest BCUT2D eigenvalue weighted by molar-refractivity contribution is -0.121. The van der Waals surface area contributed by atoms with Crippen LogP contribution < -0.4 is 10.6 Å². The van der Waals surface area contributed by atoms with Crippen LogP contribution in [0.15, 0.2) is 0 Å². The second-order valence-electron chi connectivity index (χ2n) is 5.05. The predicted molar refractivity (Wildman–Crippen MR) is 70.4 cm³/mol. The summed E-state index contributed by atoms with van der Waals surface area (Å²) in [7, 11) is 1.61. The van der Waals surface area contributed by atoms with E-state index < -0.39 is 5.60 Å². The number of ether oxygens (including phenoxy) is 1. The van der Waals surface area contributed by atoms with Gasteiger partial charge in [-0.25, -0.2) is 0 Å².